The highest BCUT2D eigenvalue weighted by Gasteiger charge is 2.26. The van der Waals surface area contributed by atoms with Gasteiger partial charge in [0.1, 0.15) is 0 Å². The van der Waals surface area contributed by atoms with Crippen molar-refractivity contribution >= 4 is 12.7 Å². The SMILES string of the molecule is C=NC(=N[C@@H](C)COC)Nn1c(C2CCC(O)CC2)cc(-c2ccnc(OC(C)C)c2)c1C. The maximum atomic E-state index is 10.0. The molecule has 0 unspecified atom stereocenters. The number of aliphatic imine (C=N–C) groups is 2. The number of hydrogen-bond acceptors (Lipinski definition) is 5. The average Bonchev–Trinajstić information content (AvgIpc) is 3.10. The smallest absolute Gasteiger partial charge is 0.237 e. The predicted octanol–water partition coefficient (Wildman–Crippen LogP) is 4.30. The Labute approximate surface area is 196 Å². The number of methoxy groups -OCH3 is 1. The molecule has 0 radical (unpaired) electrons. The fraction of sp³-hybridized carbons (Fsp3) is 0.560. The normalized spacial score (nSPS) is 20.0. The topological polar surface area (TPSA) is 93.3 Å². The zero-order chi connectivity index (χ0) is 24.0. The number of aliphatic hydroxyl groups excluding tert-OH is 1. The summed E-state index contributed by atoms with van der Waals surface area (Å²) >= 11 is 0. The molecule has 2 N–H and O–H groups in total. The number of rotatable bonds is 8. The Balaban J connectivity index is 2.02. The first kappa shape index (κ1) is 24.9. The standard InChI is InChI=1S/C25H37N5O3/c1-16(2)33-24-13-20(11-12-27-24)22-14-23(19-7-9-21(31)10-8-19)30(18(22)4)29-25(26-5)28-17(3)15-32-6/h11-14,16-17,19,21,31H,5,7-10,15H2,1-4,6H3,(H,28,29)/t17-,19?,21?/m0/s1. The van der Waals surface area contributed by atoms with Gasteiger partial charge in [0.2, 0.25) is 11.8 Å². The molecule has 0 spiro atoms. The third-order valence-corrected chi connectivity index (χ3v) is 5.91. The molecule has 1 aliphatic carbocycles. The first-order valence-corrected chi connectivity index (χ1v) is 11.7. The van der Waals surface area contributed by atoms with E-state index in [4.69, 9.17) is 9.47 Å². The summed E-state index contributed by atoms with van der Waals surface area (Å²) in [5.74, 6) is 1.37. The molecule has 1 fully saturated rings. The van der Waals surface area contributed by atoms with Crippen molar-refractivity contribution in [2.75, 3.05) is 19.1 Å². The molecule has 8 heteroatoms. The van der Waals surface area contributed by atoms with E-state index in [1.54, 1.807) is 13.3 Å². The Kier molecular flexibility index (Phi) is 8.63. The van der Waals surface area contributed by atoms with Gasteiger partial charge in [0, 0.05) is 42.2 Å². The van der Waals surface area contributed by atoms with E-state index in [2.05, 4.69) is 44.8 Å². The first-order chi connectivity index (χ1) is 15.8. The van der Waals surface area contributed by atoms with Crippen LogP contribution in [0.15, 0.2) is 34.4 Å². The van der Waals surface area contributed by atoms with Crippen molar-refractivity contribution in [3.8, 4) is 17.0 Å². The predicted molar refractivity (Wildman–Crippen MR) is 133 cm³/mol. The molecule has 3 rings (SSSR count). The molecule has 0 saturated heterocycles. The van der Waals surface area contributed by atoms with Gasteiger partial charge in [0.25, 0.3) is 0 Å². The summed E-state index contributed by atoms with van der Waals surface area (Å²) in [4.78, 5) is 13.1. The van der Waals surface area contributed by atoms with Crippen molar-refractivity contribution in [1.29, 1.82) is 0 Å². The van der Waals surface area contributed by atoms with Gasteiger partial charge in [-0.1, -0.05) is 0 Å². The summed E-state index contributed by atoms with van der Waals surface area (Å²) in [6.45, 7) is 12.2. The molecule has 1 aliphatic rings. The van der Waals surface area contributed by atoms with E-state index in [9.17, 15) is 5.11 Å². The fourth-order valence-electron chi connectivity index (χ4n) is 4.32. The van der Waals surface area contributed by atoms with Crippen LogP contribution in [0.2, 0.25) is 0 Å². The maximum absolute atomic E-state index is 10.0. The summed E-state index contributed by atoms with van der Waals surface area (Å²) in [7, 11) is 1.66. The summed E-state index contributed by atoms with van der Waals surface area (Å²) < 4.78 is 13.1. The van der Waals surface area contributed by atoms with Crippen molar-refractivity contribution in [1.82, 2.24) is 9.66 Å². The Morgan fingerprint density at radius 3 is 2.64 bits per heavy atom. The maximum Gasteiger partial charge on any atom is 0.237 e. The van der Waals surface area contributed by atoms with Crippen LogP contribution >= 0.6 is 0 Å². The lowest BCUT2D eigenvalue weighted by Crippen LogP contribution is -2.28. The number of hydrogen-bond donors (Lipinski definition) is 2. The van der Waals surface area contributed by atoms with E-state index in [0.717, 1.165) is 48.2 Å². The van der Waals surface area contributed by atoms with Gasteiger partial charge >= 0.3 is 0 Å². The zero-order valence-electron chi connectivity index (χ0n) is 20.4. The minimum Gasteiger partial charge on any atom is -0.475 e. The van der Waals surface area contributed by atoms with Crippen molar-refractivity contribution in [2.24, 2.45) is 9.98 Å². The monoisotopic (exact) mass is 455 g/mol. The molecular formula is C25H37N5O3. The molecule has 180 valence electrons. The number of nitrogens with one attached hydrogen (secondary N) is 1. The van der Waals surface area contributed by atoms with Crippen LogP contribution in [0.3, 0.4) is 0 Å². The van der Waals surface area contributed by atoms with E-state index >= 15 is 0 Å². The van der Waals surface area contributed by atoms with E-state index in [0.29, 0.717) is 24.4 Å². The van der Waals surface area contributed by atoms with Crippen molar-refractivity contribution in [3.05, 3.63) is 35.8 Å². The van der Waals surface area contributed by atoms with E-state index in [-0.39, 0.29) is 18.2 Å². The number of guanidine groups is 1. The summed E-state index contributed by atoms with van der Waals surface area (Å²) in [6, 6.07) is 6.14. The summed E-state index contributed by atoms with van der Waals surface area (Å²) in [6.07, 6.45) is 5.08. The quantitative estimate of drug-likeness (QED) is 0.457. The van der Waals surface area contributed by atoms with Crippen LogP contribution in [0.5, 0.6) is 5.88 Å². The average molecular weight is 456 g/mol. The molecule has 1 saturated carbocycles. The van der Waals surface area contributed by atoms with Crippen molar-refractivity contribution < 1.29 is 14.6 Å². The number of aromatic nitrogens is 2. The highest BCUT2D eigenvalue weighted by molar-refractivity contribution is 5.91. The largest absolute Gasteiger partial charge is 0.475 e. The number of ether oxygens (including phenoxy) is 2. The lowest BCUT2D eigenvalue weighted by molar-refractivity contribution is 0.121. The molecule has 0 aromatic carbocycles. The molecule has 2 aromatic rings. The van der Waals surface area contributed by atoms with Crippen LogP contribution < -0.4 is 10.2 Å². The molecule has 2 aromatic heterocycles. The van der Waals surface area contributed by atoms with E-state index < -0.39 is 0 Å². The van der Waals surface area contributed by atoms with Crippen molar-refractivity contribution in [3.63, 3.8) is 0 Å². The molecule has 2 heterocycles. The highest BCUT2D eigenvalue weighted by Crippen LogP contribution is 2.37. The first-order valence-electron chi connectivity index (χ1n) is 11.7. The van der Waals surface area contributed by atoms with Crippen LogP contribution in [0.25, 0.3) is 11.1 Å². The lowest BCUT2D eigenvalue weighted by atomic mass is 9.85. The minimum atomic E-state index is -0.212. The Bertz CT molecular complexity index is 961. The van der Waals surface area contributed by atoms with Gasteiger partial charge in [-0.3, -0.25) is 10.1 Å². The molecule has 0 amide bonds. The highest BCUT2D eigenvalue weighted by atomic mass is 16.5. The van der Waals surface area contributed by atoms with Gasteiger partial charge in [-0.25, -0.2) is 15.0 Å². The third-order valence-electron chi connectivity index (χ3n) is 5.91. The minimum absolute atomic E-state index is 0.0517. The second-order valence-corrected chi connectivity index (χ2v) is 8.99. The fourth-order valence-corrected chi connectivity index (χ4v) is 4.32. The van der Waals surface area contributed by atoms with Crippen LogP contribution in [-0.4, -0.2) is 59.4 Å². The van der Waals surface area contributed by atoms with Gasteiger partial charge in [-0.05, 0) is 77.8 Å². The third kappa shape index (κ3) is 6.42. The molecule has 8 nitrogen and oxygen atoms in total. The Morgan fingerprint density at radius 2 is 2.00 bits per heavy atom. The number of aliphatic hydroxyl groups is 1. The van der Waals surface area contributed by atoms with Crippen LogP contribution in [0.1, 0.15) is 63.8 Å². The molecule has 33 heavy (non-hydrogen) atoms. The molecule has 1 atom stereocenters. The number of nitrogens with zero attached hydrogens (tertiary/aromatic N) is 4. The van der Waals surface area contributed by atoms with Crippen molar-refractivity contribution in [2.45, 2.75) is 77.5 Å². The van der Waals surface area contributed by atoms with E-state index in [1.165, 1.54) is 0 Å². The lowest BCUT2D eigenvalue weighted by Gasteiger charge is -2.27. The second kappa shape index (κ2) is 11.4. The second-order valence-electron chi connectivity index (χ2n) is 8.99. The number of pyridine rings is 1. The Morgan fingerprint density at radius 1 is 1.27 bits per heavy atom. The molecule has 0 bridgehead atoms. The van der Waals surface area contributed by atoms with Gasteiger partial charge in [-0.2, -0.15) is 0 Å². The van der Waals surface area contributed by atoms with Gasteiger partial charge in [0.05, 0.1) is 24.9 Å². The summed E-state index contributed by atoms with van der Waals surface area (Å²) in [5.41, 5.74) is 7.68. The van der Waals surface area contributed by atoms with Gasteiger partial charge < -0.3 is 14.6 Å². The Hall–Kier alpha value is -2.71. The molecular weight excluding hydrogens is 418 g/mol. The van der Waals surface area contributed by atoms with Crippen LogP contribution in [-0.2, 0) is 4.74 Å². The molecule has 0 aliphatic heterocycles. The summed E-state index contributed by atoms with van der Waals surface area (Å²) in [5, 5.41) is 10.0. The van der Waals surface area contributed by atoms with Crippen LogP contribution in [0, 0.1) is 6.92 Å². The zero-order valence-corrected chi connectivity index (χ0v) is 20.4. The van der Waals surface area contributed by atoms with Gasteiger partial charge in [-0.15, -0.1) is 0 Å². The van der Waals surface area contributed by atoms with E-state index in [1.807, 2.05) is 32.9 Å². The van der Waals surface area contributed by atoms with Crippen LogP contribution in [0.4, 0.5) is 0 Å². The van der Waals surface area contributed by atoms with Gasteiger partial charge in [0.15, 0.2) is 0 Å².